The minimum atomic E-state index is -4.08. The highest BCUT2D eigenvalue weighted by Gasteiger charge is 2.32. The second-order valence-corrected chi connectivity index (χ2v) is 10.6. The molecule has 0 fully saturated rings. The summed E-state index contributed by atoms with van der Waals surface area (Å²) in [6.45, 7) is 5.08. The van der Waals surface area contributed by atoms with Gasteiger partial charge in [0.1, 0.15) is 18.3 Å². The number of hydrogen-bond acceptors (Lipinski definition) is 5. The molecular formula is C28H33N3O5S. The minimum Gasteiger partial charge on any atom is -0.497 e. The molecule has 9 heteroatoms. The molecule has 0 heterocycles. The van der Waals surface area contributed by atoms with Gasteiger partial charge in [0.15, 0.2) is 0 Å². The SMILES string of the molecule is CNC(=O)[C@H](C)N(Cc1ccc(OC)cc1)C(=O)CN(c1ccc(C)c(C)c1)S(=O)(=O)c1ccccc1. The third-order valence-corrected chi connectivity index (χ3v) is 8.10. The fourth-order valence-corrected chi connectivity index (χ4v) is 5.28. The quantitative estimate of drug-likeness (QED) is 0.438. The van der Waals surface area contributed by atoms with Crippen LogP contribution in [0.15, 0.2) is 77.7 Å². The highest BCUT2D eigenvalue weighted by molar-refractivity contribution is 7.92. The van der Waals surface area contributed by atoms with Crippen molar-refractivity contribution in [2.75, 3.05) is 25.0 Å². The Balaban J connectivity index is 2.03. The molecule has 3 aromatic rings. The maximum Gasteiger partial charge on any atom is 0.264 e. The Labute approximate surface area is 218 Å². The Morgan fingerprint density at radius 1 is 0.946 bits per heavy atom. The molecule has 3 aromatic carbocycles. The number of likely N-dealkylation sites (N-methyl/N-ethyl adjacent to an activating group) is 1. The molecule has 0 spiro atoms. The zero-order valence-electron chi connectivity index (χ0n) is 21.8. The summed E-state index contributed by atoms with van der Waals surface area (Å²) in [5, 5.41) is 2.57. The van der Waals surface area contributed by atoms with Crippen molar-refractivity contribution in [3.63, 3.8) is 0 Å². The summed E-state index contributed by atoms with van der Waals surface area (Å²) in [4.78, 5) is 27.8. The van der Waals surface area contributed by atoms with Gasteiger partial charge in [0.05, 0.1) is 17.7 Å². The van der Waals surface area contributed by atoms with Crippen LogP contribution in [0.2, 0.25) is 0 Å². The van der Waals surface area contributed by atoms with Crippen LogP contribution in [-0.4, -0.2) is 51.9 Å². The van der Waals surface area contributed by atoms with Gasteiger partial charge in [-0.15, -0.1) is 0 Å². The van der Waals surface area contributed by atoms with E-state index in [1.807, 2.05) is 19.9 Å². The lowest BCUT2D eigenvalue weighted by Crippen LogP contribution is -2.50. The number of rotatable bonds is 10. The molecule has 1 N–H and O–H groups in total. The number of anilines is 1. The van der Waals surface area contributed by atoms with Crippen LogP contribution in [0.4, 0.5) is 5.69 Å². The van der Waals surface area contributed by atoms with Gasteiger partial charge in [-0.1, -0.05) is 36.4 Å². The molecule has 0 aromatic heterocycles. The Bertz CT molecular complexity index is 1340. The van der Waals surface area contributed by atoms with Gasteiger partial charge in [-0.05, 0) is 73.9 Å². The number of carbonyl (C=O) groups is 2. The van der Waals surface area contributed by atoms with Crippen LogP contribution in [0.3, 0.4) is 0 Å². The molecule has 0 radical (unpaired) electrons. The number of hydrogen-bond donors (Lipinski definition) is 1. The van der Waals surface area contributed by atoms with E-state index in [1.165, 1.54) is 24.1 Å². The maximum absolute atomic E-state index is 13.8. The van der Waals surface area contributed by atoms with Crippen molar-refractivity contribution in [3.05, 3.63) is 89.5 Å². The highest BCUT2D eigenvalue weighted by Crippen LogP contribution is 2.26. The predicted molar refractivity (Wildman–Crippen MR) is 144 cm³/mol. The second kappa shape index (κ2) is 11.9. The summed E-state index contributed by atoms with van der Waals surface area (Å²) < 4.78 is 33.8. The Hall–Kier alpha value is -3.85. The van der Waals surface area contributed by atoms with E-state index in [0.717, 1.165) is 21.0 Å². The molecule has 0 unspecified atom stereocenters. The monoisotopic (exact) mass is 523 g/mol. The summed E-state index contributed by atoms with van der Waals surface area (Å²) in [7, 11) is -1.02. The third-order valence-electron chi connectivity index (χ3n) is 6.31. The van der Waals surface area contributed by atoms with E-state index in [9.17, 15) is 18.0 Å². The number of methoxy groups -OCH3 is 1. The number of benzene rings is 3. The highest BCUT2D eigenvalue weighted by atomic mass is 32.2. The number of carbonyl (C=O) groups excluding carboxylic acids is 2. The van der Waals surface area contributed by atoms with Gasteiger partial charge in [-0.2, -0.15) is 0 Å². The van der Waals surface area contributed by atoms with Gasteiger partial charge in [0, 0.05) is 13.6 Å². The predicted octanol–water partition coefficient (Wildman–Crippen LogP) is 3.67. The molecule has 2 amide bonds. The van der Waals surface area contributed by atoms with E-state index in [0.29, 0.717) is 11.4 Å². The van der Waals surface area contributed by atoms with Crippen molar-refractivity contribution in [1.82, 2.24) is 10.2 Å². The molecule has 1 atom stereocenters. The number of amides is 2. The van der Waals surface area contributed by atoms with Crippen LogP contribution in [0.25, 0.3) is 0 Å². The molecule has 0 saturated carbocycles. The normalized spacial score (nSPS) is 11.9. The largest absolute Gasteiger partial charge is 0.497 e. The molecule has 0 saturated heterocycles. The molecule has 0 aliphatic heterocycles. The van der Waals surface area contributed by atoms with Crippen molar-refractivity contribution >= 4 is 27.5 Å². The van der Waals surface area contributed by atoms with Gasteiger partial charge in [0.2, 0.25) is 11.8 Å². The smallest absolute Gasteiger partial charge is 0.264 e. The number of sulfonamides is 1. The summed E-state index contributed by atoms with van der Waals surface area (Å²) >= 11 is 0. The van der Waals surface area contributed by atoms with Crippen LogP contribution in [-0.2, 0) is 26.2 Å². The number of nitrogens with one attached hydrogen (secondary N) is 1. The summed E-state index contributed by atoms with van der Waals surface area (Å²) in [6, 6.07) is 19.6. The molecule has 0 aliphatic carbocycles. The van der Waals surface area contributed by atoms with Crippen molar-refractivity contribution in [2.45, 2.75) is 38.3 Å². The van der Waals surface area contributed by atoms with E-state index < -0.39 is 28.5 Å². The third kappa shape index (κ3) is 6.48. The lowest BCUT2D eigenvalue weighted by Gasteiger charge is -2.32. The maximum atomic E-state index is 13.8. The summed E-state index contributed by atoms with van der Waals surface area (Å²) in [5.74, 6) is -0.203. The first-order valence-corrected chi connectivity index (χ1v) is 13.3. The van der Waals surface area contributed by atoms with Crippen LogP contribution in [0, 0.1) is 13.8 Å². The van der Waals surface area contributed by atoms with Crippen molar-refractivity contribution in [2.24, 2.45) is 0 Å². The fraction of sp³-hybridized carbons (Fsp3) is 0.286. The standard InChI is InChI=1S/C28H33N3O5S/c1-20-11-14-24(17-21(20)2)31(37(34,35)26-9-7-6-8-10-26)19-27(32)30(22(3)28(33)29-4)18-23-12-15-25(36-5)16-13-23/h6-17,22H,18-19H2,1-5H3,(H,29,33)/t22-/m0/s1. The van der Waals surface area contributed by atoms with E-state index in [2.05, 4.69) is 5.32 Å². The Morgan fingerprint density at radius 3 is 2.16 bits per heavy atom. The number of ether oxygens (including phenoxy) is 1. The van der Waals surface area contributed by atoms with Crippen LogP contribution in [0.5, 0.6) is 5.75 Å². The number of aryl methyl sites for hydroxylation is 2. The zero-order chi connectivity index (χ0) is 27.2. The molecule has 37 heavy (non-hydrogen) atoms. The van der Waals surface area contributed by atoms with E-state index in [4.69, 9.17) is 4.74 Å². The first kappa shape index (κ1) is 27.7. The first-order valence-electron chi connectivity index (χ1n) is 11.9. The Kier molecular flexibility index (Phi) is 8.94. The van der Waals surface area contributed by atoms with E-state index >= 15 is 0 Å². The lowest BCUT2D eigenvalue weighted by molar-refractivity contribution is -0.139. The summed E-state index contributed by atoms with van der Waals surface area (Å²) in [6.07, 6.45) is 0. The molecule has 3 rings (SSSR count). The van der Waals surface area contributed by atoms with Crippen LogP contribution in [0.1, 0.15) is 23.6 Å². The minimum absolute atomic E-state index is 0.0714. The van der Waals surface area contributed by atoms with Crippen LogP contribution >= 0.6 is 0 Å². The van der Waals surface area contributed by atoms with E-state index in [1.54, 1.807) is 68.6 Å². The number of nitrogens with zero attached hydrogens (tertiary/aromatic N) is 2. The van der Waals surface area contributed by atoms with Gasteiger partial charge in [-0.3, -0.25) is 13.9 Å². The van der Waals surface area contributed by atoms with Gasteiger partial charge in [0.25, 0.3) is 10.0 Å². The second-order valence-electron chi connectivity index (χ2n) is 8.75. The molecule has 0 bridgehead atoms. The molecule has 8 nitrogen and oxygen atoms in total. The Morgan fingerprint density at radius 2 is 1.59 bits per heavy atom. The van der Waals surface area contributed by atoms with Gasteiger partial charge < -0.3 is 15.0 Å². The van der Waals surface area contributed by atoms with Gasteiger partial charge >= 0.3 is 0 Å². The van der Waals surface area contributed by atoms with Crippen molar-refractivity contribution < 1.29 is 22.7 Å². The summed E-state index contributed by atoms with van der Waals surface area (Å²) in [5.41, 5.74) is 3.04. The van der Waals surface area contributed by atoms with Gasteiger partial charge in [-0.25, -0.2) is 8.42 Å². The van der Waals surface area contributed by atoms with Crippen LogP contribution < -0.4 is 14.4 Å². The molecular weight excluding hydrogens is 490 g/mol. The molecule has 196 valence electrons. The van der Waals surface area contributed by atoms with Crippen molar-refractivity contribution in [1.29, 1.82) is 0 Å². The average molecular weight is 524 g/mol. The van der Waals surface area contributed by atoms with Crippen molar-refractivity contribution in [3.8, 4) is 5.75 Å². The fourth-order valence-electron chi connectivity index (χ4n) is 3.85. The zero-order valence-corrected chi connectivity index (χ0v) is 22.6. The van der Waals surface area contributed by atoms with E-state index in [-0.39, 0.29) is 17.3 Å². The first-order chi connectivity index (χ1) is 17.6. The lowest BCUT2D eigenvalue weighted by atomic mass is 10.1. The molecule has 0 aliphatic rings. The topological polar surface area (TPSA) is 96.0 Å². The average Bonchev–Trinajstić information content (AvgIpc) is 2.91.